The predicted octanol–water partition coefficient (Wildman–Crippen LogP) is 4.68. The van der Waals surface area contributed by atoms with Gasteiger partial charge in [-0.25, -0.2) is 9.37 Å². The van der Waals surface area contributed by atoms with E-state index in [1.54, 1.807) is 6.08 Å². The minimum Gasteiger partial charge on any atom is -0.441 e. The molecule has 3 aliphatic carbocycles. The van der Waals surface area contributed by atoms with Crippen LogP contribution in [0, 0.1) is 12.8 Å². The molecule has 186 valence electrons. The van der Waals surface area contributed by atoms with Gasteiger partial charge in [-0.15, -0.1) is 0 Å². The number of benzene rings is 1. The number of amidine groups is 1. The minimum atomic E-state index is -1.16. The summed E-state index contributed by atoms with van der Waals surface area (Å²) in [5, 5.41) is 3.56. The van der Waals surface area contributed by atoms with Crippen molar-refractivity contribution in [1.29, 1.82) is 0 Å². The number of hydrogen-bond donors (Lipinski definition) is 2. The predicted molar refractivity (Wildman–Crippen MR) is 132 cm³/mol. The van der Waals surface area contributed by atoms with Crippen LogP contribution in [0.5, 0.6) is 0 Å². The van der Waals surface area contributed by atoms with Crippen LogP contribution in [0.1, 0.15) is 67.0 Å². The van der Waals surface area contributed by atoms with E-state index in [0.717, 1.165) is 53.8 Å². The maximum Gasteiger partial charge on any atom is 0.222 e. The van der Waals surface area contributed by atoms with Crippen LogP contribution < -0.4 is 11.6 Å². The fraction of sp³-hybridized carbons (Fsp3) is 0.481. The van der Waals surface area contributed by atoms with Gasteiger partial charge in [-0.05, 0) is 57.1 Å². The van der Waals surface area contributed by atoms with Crippen LogP contribution in [0.2, 0.25) is 0 Å². The highest BCUT2D eigenvalue weighted by Crippen LogP contribution is 2.52. The Balaban J connectivity index is 1.14. The molecule has 0 amide bonds. The lowest BCUT2D eigenvalue weighted by Gasteiger charge is -2.29. The van der Waals surface area contributed by atoms with Crippen molar-refractivity contribution in [2.45, 2.75) is 76.5 Å². The first-order chi connectivity index (χ1) is 16.9. The van der Waals surface area contributed by atoms with E-state index in [0.29, 0.717) is 37.8 Å². The van der Waals surface area contributed by atoms with E-state index in [-0.39, 0.29) is 18.1 Å². The first-order valence-electron chi connectivity index (χ1n) is 12.3. The third-order valence-electron chi connectivity index (χ3n) is 7.17. The second-order valence-corrected chi connectivity index (χ2v) is 9.81. The largest absolute Gasteiger partial charge is 0.441 e. The van der Waals surface area contributed by atoms with Crippen LogP contribution in [0.25, 0.3) is 5.57 Å². The van der Waals surface area contributed by atoms with Crippen molar-refractivity contribution in [2.24, 2.45) is 22.6 Å². The van der Waals surface area contributed by atoms with Gasteiger partial charge in [0.1, 0.15) is 23.0 Å². The lowest BCUT2D eigenvalue weighted by Crippen LogP contribution is -2.28. The van der Waals surface area contributed by atoms with Crippen LogP contribution in [-0.2, 0) is 22.7 Å². The number of nitrogens with two attached hydrogens (primary N) is 2. The molecule has 5 rings (SSSR count). The topological polar surface area (TPSA) is 109 Å². The maximum atomic E-state index is 14.3. The number of oxazole rings is 1. The Kier molecular flexibility index (Phi) is 6.75. The number of allylic oxidation sites excluding steroid dienone is 4. The monoisotopic (exact) mass is 480 g/mol. The molecular weight excluding hydrogens is 447 g/mol. The highest BCUT2D eigenvalue weighted by Gasteiger charge is 2.52. The molecule has 0 aliphatic heterocycles. The zero-order valence-corrected chi connectivity index (χ0v) is 20.1. The van der Waals surface area contributed by atoms with Crippen LogP contribution in [0.3, 0.4) is 0 Å². The van der Waals surface area contributed by atoms with Gasteiger partial charge < -0.3 is 25.5 Å². The number of fused-ring (bicyclic) bond motifs is 1. The molecule has 4 N–H and O–H groups in total. The van der Waals surface area contributed by atoms with Crippen LogP contribution in [0.15, 0.2) is 52.0 Å². The number of halogens is 1. The number of aromatic nitrogens is 1. The molecule has 4 atom stereocenters. The second-order valence-electron chi connectivity index (χ2n) is 9.81. The van der Waals surface area contributed by atoms with E-state index in [1.165, 1.54) is 0 Å². The summed E-state index contributed by atoms with van der Waals surface area (Å²) in [4.78, 5) is 4.68. The number of alkyl halides is 1. The van der Waals surface area contributed by atoms with Gasteiger partial charge in [-0.2, -0.15) is 5.10 Å². The van der Waals surface area contributed by atoms with Crippen molar-refractivity contribution in [3.05, 3.63) is 71.0 Å². The number of aryl methyl sites for hydroxylation is 1. The van der Waals surface area contributed by atoms with E-state index >= 15 is 0 Å². The van der Waals surface area contributed by atoms with E-state index in [4.69, 9.17) is 25.5 Å². The second kappa shape index (κ2) is 9.95. The van der Waals surface area contributed by atoms with Gasteiger partial charge in [0.2, 0.25) is 5.89 Å². The Labute approximate surface area is 205 Å². The van der Waals surface area contributed by atoms with E-state index in [1.807, 2.05) is 43.3 Å². The molecule has 0 spiro atoms. The van der Waals surface area contributed by atoms with Crippen molar-refractivity contribution < 1.29 is 18.3 Å². The number of hydrazone groups is 1. The molecule has 1 aromatic heterocycles. The average Bonchev–Trinajstić information content (AvgIpc) is 3.40. The minimum absolute atomic E-state index is 0.0593. The van der Waals surface area contributed by atoms with Gasteiger partial charge in [0.05, 0.1) is 25.4 Å². The number of nitrogens with zero attached hydrogens (tertiary/aromatic N) is 2. The van der Waals surface area contributed by atoms with E-state index in [2.05, 4.69) is 10.1 Å². The van der Waals surface area contributed by atoms with Crippen molar-refractivity contribution in [1.82, 2.24) is 4.98 Å². The van der Waals surface area contributed by atoms with Gasteiger partial charge >= 0.3 is 0 Å². The summed E-state index contributed by atoms with van der Waals surface area (Å²) in [7, 11) is 0. The molecule has 1 heterocycles. The Hall–Kier alpha value is -2.97. The average molecular weight is 481 g/mol. The van der Waals surface area contributed by atoms with Gasteiger partial charge in [0, 0.05) is 17.1 Å². The summed E-state index contributed by atoms with van der Waals surface area (Å²) in [5.41, 5.74) is 8.22. The molecule has 2 saturated carbocycles. The standard InChI is InChI=1S/C27H33FN4O3/c1-17-24(31-26(35-17)20-7-4-10-27(28)14-21(27)12-20)16-34-23-9-3-8-22(13-23)33-15-18-5-2-6-19(11-18)25(29)32-30/h2,4-6,10-12,21-23H,3,7-9,13-16,30H2,1H3,(H2,29,32). The summed E-state index contributed by atoms with van der Waals surface area (Å²) in [6.45, 7) is 2.80. The summed E-state index contributed by atoms with van der Waals surface area (Å²) < 4.78 is 32.7. The lowest BCUT2D eigenvalue weighted by atomic mass is 9.95. The van der Waals surface area contributed by atoms with Crippen molar-refractivity contribution >= 4 is 11.4 Å². The Bertz CT molecular complexity index is 1160. The zero-order valence-electron chi connectivity index (χ0n) is 20.1. The van der Waals surface area contributed by atoms with Crippen molar-refractivity contribution in [3.63, 3.8) is 0 Å². The Morgan fingerprint density at radius 1 is 1.26 bits per heavy atom. The fourth-order valence-electron chi connectivity index (χ4n) is 4.93. The molecule has 0 radical (unpaired) electrons. The van der Waals surface area contributed by atoms with Crippen molar-refractivity contribution in [3.8, 4) is 0 Å². The summed E-state index contributed by atoms with van der Waals surface area (Å²) >= 11 is 0. The summed E-state index contributed by atoms with van der Waals surface area (Å²) in [5.74, 6) is 6.86. The summed E-state index contributed by atoms with van der Waals surface area (Å²) in [6.07, 6.45) is 10.9. The molecular formula is C27H33FN4O3. The molecule has 35 heavy (non-hydrogen) atoms. The van der Waals surface area contributed by atoms with Crippen LogP contribution in [0.4, 0.5) is 4.39 Å². The van der Waals surface area contributed by atoms with Crippen LogP contribution >= 0.6 is 0 Å². The van der Waals surface area contributed by atoms with Gasteiger partial charge in [0.25, 0.3) is 0 Å². The molecule has 1 aromatic carbocycles. The summed E-state index contributed by atoms with van der Waals surface area (Å²) in [6, 6.07) is 7.75. The third kappa shape index (κ3) is 5.49. The maximum absolute atomic E-state index is 14.3. The molecule has 7 nitrogen and oxygen atoms in total. The van der Waals surface area contributed by atoms with E-state index < -0.39 is 5.67 Å². The molecule has 3 aliphatic rings. The molecule has 2 fully saturated rings. The van der Waals surface area contributed by atoms with E-state index in [9.17, 15) is 4.39 Å². The molecule has 0 bridgehead atoms. The Morgan fingerprint density at radius 2 is 2.06 bits per heavy atom. The number of rotatable bonds is 8. The Morgan fingerprint density at radius 3 is 2.86 bits per heavy atom. The SMILES string of the molecule is Cc1oc(C2=CC3CC3(F)C=CC2)nc1COC1CCCC(OCc2cccc(/C(N)=N/N)c2)C1. The number of ether oxygens (including phenoxy) is 2. The first-order valence-corrected chi connectivity index (χ1v) is 12.3. The quantitative estimate of drug-likeness (QED) is 0.187. The van der Waals surface area contributed by atoms with Gasteiger partial charge in [-0.3, -0.25) is 0 Å². The molecule has 8 heteroatoms. The normalized spacial score (nSPS) is 28.3. The van der Waals surface area contributed by atoms with Crippen molar-refractivity contribution in [2.75, 3.05) is 0 Å². The van der Waals surface area contributed by atoms with Crippen LogP contribution in [-0.4, -0.2) is 28.7 Å². The number of hydrogen-bond acceptors (Lipinski definition) is 6. The molecule has 0 saturated heterocycles. The third-order valence-corrected chi connectivity index (χ3v) is 7.17. The van der Waals surface area contributed by atoms with Gasteiger partial charge in [-0.1, -0.05) is 36.4 Å². The highest BCUT2D eigenvalue weighted by molar-refractivity contribution is 5.97. The first kappa shape index (κ1) is 23.8. The fourth-order valence-corrected chi connectivity index (χ4v) is 4.93. The van der Waals surface area contributed by atoms with Gasteiger partial charge in [0.15, 0.2) is 0 Å². The highest BCUT2D eigenvalue weighted by atomic mass is 19.1. The zero-order chi connectivity index (χ0) is 24.4. The molecule has 2 aromatic rings. The lowest BCUT2D eigenvalue weighted by molar-refractivity contribution is -0.0562. The smallest absolute Gasteiger partial charge is 0.222 e. The molecule has 4 unspecified atom stereocenters.